The molecule has 0 fully saturated rings. The van der Waals surface area contributed by atoms with Gasteiger partial charge in [-0.3, -0.25) is 0 Å². The zero-order valence-corrected chi connectivity index (χ0v) is 9.08. The summed E-state index contributed by atoms with van der Waals surface area (Å²) in [7, 11) is 2.19. The van der Waals surface area contributed by atoms with Gasteiger partial charge in [-0.2, -0.15) is 0 Å². The van der Waals surface area contributed by atoms with E-state index in [2.05, 4.69) is 25.5 Å². The summed E-state index contributed by atoms with van der Waals surface area (Å²) in [6.07, 6.45) is 3.19. The summed E-state index contributed by atoms with van der Waals surface area (Å²) >= 11 is 1.91. The number of hydrogen-bond acceptors (Lipinski definition) is 2. The second kappa shape index (κ2) is 3.28. The Morgan fingerprint density at radius 2 is 2.31 bits per heavy atom. The maximum Gasteiger partial charge on any atom is 0.0328 e. The third kappa shape index (κ3) is 1.45. The number of hydrogen-bond donors (Lipinski definition) is 0. The van der Waals surface area contributed by atoms with Crippen molar-refractivity contribution in [1.29, 1.82) is 0 Å². The highest BCUT2D eigenvalue weighted by Gasteiger charge is 2.18. The molecule has 2 heterocycles. The lowest BCUT2D eigenvalue weighted by atomic mass is 10.0. The van der Waals surface area contributed by atoms with E-state index in [9.17, 15) is 0 Å². The predicted molar refractivity (Wildman–Crippen MR) is 59.2 cm³/mol. The molecule has 1 aromatic rings. The zero-order valence-electron chi connectivity index (χ0n) is 8.26. The standard InChI is InChI=1S/C11H15NS/c1-4-10-8(2)9-5-6-12(3)7-11(9)13-10/h4H,1,5-7H2,2-3H3. The second-order valence-corrected chi connectivity index (χ2v) is 4.82. The van der Waals surface area contributed by atoms with Crippen molar-refractivity contribution in [3.05, 3.63) is 27.5 Å². The molecule has 1 aliphatic heterocycles. The van der Waals surface area contributed by atoms with Gasteiger partial charge in [0.2, 0.25) is 0 Å². The minimum atomic E-state index is 1.12. The van der Waals surface area contributed by atoms with E-state index in [1.807, 2.05) is 17.4 Å². The molecular formula is C11H15NS. The average molecular weight is 193 g/mol. The van der Waals surface area contributed by atoms with Crippen LogP contribution in [0.1, 0.15) is 20.9 Å². The van der Waals surface area contributed by atoms with Crippen LogP contribution in [0.15, 0.2) is 6.58 Å². The van der Waals surface area contributed by atoms with E-state index in [1.54, 1.807) is 10.4 Å². The highest BCUT2D eigenvalue weighted by Crippen LogP contribution is 2.32. The number of rotatable bonds is 1. The fourth-order valence-corrected chi connectivity index (χ4v) is 3.19. The summed E-state index contributed by atoms with van der Waals surface area (Å²) in [6.45, 7) is 8.39. The van der Waals surface area contributed by atoms with Crippen LogP contribution < -0.4 is 0 Å². The average Bonchev–Trinajstić information content (AvgIpc) is 2.42. The summed E-state index contributed by atoms with van der Waals surface area (Å²) in [5.74, 6) is 0. The summed E-state index contributed by atoms with van der Waals surface area (Å²) in [5.41, 5.74) is 3.04. The first-order chi connectivity index (χ1) is 6.22. The first-order valence-electron chi connectivity index (χ1n) is 4.64. The molecular weight excluding hydrogens is 178 g/mol. The van der Waals surface area contributed by atoms with Crippen LogP contribution >= 0.6 is 11.3 Å². The molecule has 1 nitrogen and oxygen atoms in total. The first-order valence-corrected chi connectivity index (χ1v) is 5.46. The zero-order chi connectivity index (χ0) is 9.42. The Morgan fingerprint density at radius 3 is 3.00 bits per heavy atom. The molecule has 1 aromatic heterocycles. The Hall–Kier alpha value is -0.600. The van der Waals surface area contributed by atoms with Gasteiger partial charge in [-0.15, -0.1) is 11.3 Å². The lowest BCUT2D eigenvalue weighted by molar-refractivity contribution is 0.317. The summed E-state index contributed by atoms with van der Waals surface area (Å²) in [6, 6.07) is 0. The largest absolute Gasteiger partial charge is 0.301 e. The fourth-order valence-electron chi connectivity index (χ4n) is 1.90. The maximum absolute atomic E-state index is 3.85. The van der Waals surface area contributed by atoms with Crippen LogP contribution in [-0.2, 0) is 13.0 Å². The van der Waals surface area contributed by atoms with Crippen molar-refractivity contribution < 1.29 is 0 Å². The maximum atomic E-state index is 3.85. The van der Waals surface area contributed by atoms with Crippen molar-refractivity contribution in [2.75, 3.05) is 13.6 Å². The molecule has 0 aromatic carbocycles. The Kier molecular flexibility index (Phi) is 2.26. The van der Waals surface area contributed by atoms with Gasteiger partial charge in [0.25, 0.3) is 0 Å². The lowest BCUT2D eigenvalue weighted by Crippen LogP contribution is -2.25. The van der Waals surface area contributed by atoms with Crippen LogP contribution in [0.3, 0.4) is 0 Å². The van der Waals surface area contributed by atoms with Gasteiger partial charge < -0.3 is 4.90 Å². The van der Waals surface area contributed by atoms with Crippen molar-refractivity contribution in [1.82, 2.24) is 4.90 Å². The van der Waals surface area contributed by atoms with Crippen LogP contribution in [0.4, 0.5) is 0 Å². The Bertz CT molecular complexity index is 338. The van der Waals surface area contributed by atoms with Crippen LogP contribution in [0.25, 0.3) is 6.08 Å². The molecule has 1 aliphatic rings. The van der Waals surface area contributed by atoms with E-state index < -0.39 is 0 Å². The van der Waals surface area contributed by atoms with Gasteiger partial charge in [-0.1, -0.05) is 12.7 Å². The van der Waals surface area contributed by atoms with E-state index in [4.69, 9.17) is 0 Å². The van der Waals surface area contributed by atoms with Gasteiger partial charge in [0.05, 0.1) is 0 Å². The van der Waals surface area contributed by atoms with Crippen LogP contribution in [-0.4, -0.2) is 18.5 Å². The van der Waals surface area contributed by atoms with Crippen molar-refractivity contribution in [3.8, 4) is 0 Å². The van der Waals surface area contributed by atoms with E-state index in [0.29, 0.717) is 0 Å². The molecule has 2 heteroatoms. The molecule has 13 heavy (non-hydrogen) atoms. The van der Waals surface area contributed by atoms with Gasteiger partial charge in [-0.25, -0.2) is 0 Å². The highest BCUT2D eigenvalue weighted by molar-refractivity contribution is 7.13. The third-order valence-corrected chi connectivity index (χ3v) is 4.05. The molecule has 70 valence electrons. The van der Waals surface area contributed by atoms with Crippen molar-refractivity contribution in [3.63, 3.8) is 0 Å². The number of likely N-dealkylation sites (N-methyl/N-ethyl adjacent to an activating group) is 1. The lowest BCUT2D eigenvalue weighted by Gasteiger charge is -2.22. The normalized spacial score (nSPS) is 17.1. The smallest absolute Gasteiger partial charge is 0.0328 e. The van der Waals surface area contributed by atoms with Crippen LogP contribution in [0.5, 0.6) is 0 Å². The number of fused-ring (bicyclic) bond motifs is 1. The van der Waals surface area contributed by atoms with Crippen LogP contribution in [0.2, 0.25) is 0 Å². The molecule has 0 N–H and O–H groups in total. The molecule has 0 amide bonds. The molecule has 0 unspecified atom stereocenters. The van der Waals surface area contributed by atoms with Gasteiger partial charge >= 0.3 is 0 Å². The molecule has 0 spiro atoms. The topological polar surface area (TPSA) is 3.24 Å². The summed E-state index contributed by atoms with van der Waals surface area (Å²) in [5, 5.41) is 0. The Balaban J connectivity index is 2.45. The SMILES string of the molecule is C=Cc1sc2c(c1C)CCN(C)C2. The fraction of sp³-hybridized carbons (Fsp3) is 0.455. The quantitative estimate of drug-likeness (QED) is 0.663. The second-order valence-electron chi connectivity index (χ2n) is 3.68. The van der Waals surface area contributed by atoms with Gasteiger partial charge in [0.1, 0.15) is 0 Å². The molecule has 0 saturated heterocycles. The monoisotopic (exact) mass is 193 g/mol. The molecule has 2 rings (SSSR count). The molecule has 0 radical (unpaired) electrons. The summed E-state index contributed by atoms with van der Waals surface area (Å²) < 4.78 is 0. The Labute approximate surface area is 83.7 Å². The molecule has 0 saturated carbocycles. The van der Waals surface area contributed by atoms with Crippen molar-refractivity contribution in [2.45, 2.75) is 19.9 Å². The first kappa shape index (κ1) is 8.97. The molecule has 0 bridgehead atoms. The van der Waals surface area contributed by atoms with E-state index in [1.165, 1.54) is 23.4 Å². The van der Waals surface area contributed by atoms with E-state index in [0.717, 1.165) is 6.54 Å². The van der Waals surface area contributed by atoms with Gasteiger partial charge in [-0.05, 0) is 31.5 Å². The molecule has 0 aliphatic carbocycles. The van der Waals surface area contributed by atoms with Crippen molar-refractivity contribution in [2.24, 2.45) is 0 Å². The van der Waals surface area contributed by atoms with Crippen molar-refractivity contribution >= 4 is 17.4 Å². The number of nitrogens with zero attached hydrogens (tertiary/aromatic N) is 1. The minimum Gasteiger partial charge on any atom is -0.301 e. The molecule has 0 atom stereocenters. The third-order valence-electron chi connectivity index (χ3n) is 2.73. The van der Waals surface area contributed by atoms with E-state index >= 15 is 0 Å². The van der Waals surface area contributed by atoms with Gasteiger partial charge in [0.15, 0.2) is 0 Å². The van der Waals surface area contributed by atoms with Gasteiger partial charge in [0, 0.05) is 22.8 Å². The van der Waals surface area contributed by atoms with Crippen LogP contribution in [0, 0.1) is 6.92 Å². The summed E-state index contributed by atoms with van der Waals surface area (Å²) in [4.78, 5) is 5.28. The van der Waals surface area contributed by atoms with E-state index in [-0.39, 0.29) is 0 Å². The Morgan fingerprint density at radius 1 is 1.54 bits per heavy atom. The highest BCUT2D eigenvalue weighted by atomic mass is 32.1. The minimum absolute atomic E-state index is 1.12. The predicted octanol–water partition coefficient (Wildman–Crippen LogP) is 2.69. The number of thiophene rings is 1.